The first-order valence-corrected chi connectivity index (χ1v) is 4.53. The third kappa shape index (κ3) is 2.25. The predicted molar refractivity (Wildman–Crippen MR) is 55.5 cm³/mol. The second-order valence-electron chi connectivity index (χ2n) is 2.67. The SMILES string of the molecule is CC(C#N)=C(Cl)c1ccc(F)cc1Cl. The van der Waals surface area contributed by atoms with Gasteiger partial charge in [0, 0.05) is 11.1 Å². The molecular weight excluding hydrogens is 224 g/mol. The lowest BCUT2D eigenvalue weighted by Gasteiger charge is -2.03. The molecule has 0 heterocycles. The van der Waals surface area contributed by atoms with Crippen molar-refractivity contribution in [3.63, 3.8) is 0 Å². The van der Waals surface area contributed by atoms with E-state index < -0.39 is 5.82 Å². The van der Waals surface area contributed by atoms with Gasteiger partial charge in [-0.15, -0.1) is 0 Å². The largest absolute Gasteiger partial charge is 0.207 e. The van der Waals surface area contributed by atoms with Gasteiger partial charge in [0.15, 0.2) is 0 Å². The van der Waals surface area contributed by atoms with Gasteiger partial charge in [-0.25, -0.2) is 4.39 Å². The van der Waals surface area contributed by atoms with Crippen LogP contribution in [-0.2, 0) is 0 Å². The average molecular weight is 230 g/mol. The van der Waals surface area contributed by atoms with E-state index in [4.69, 9.17) is 28.5 Å². The number of hydrogen-bond donors (Lipinski definition) is 0. The lowest BCUT2D eigenvalue weighted by Crippen LogP contribution is -1.84. The monoisotopic (exact) mass is 229 g/mol. The lowest BCUT2D eigenvalue weighted by molar-refractivity contribution is 0.628. The van der Waals surface area contributed by atoms with E-state index in [0.717, 1.165) is 6.07 Å². The molecule has 0 bridgehead atoms. The molecule has 1 nitrogen and oxygen atoms in total. The zero-order chi connectivity index (χ0) is 10.7. The molecule has 0 unspecified atom stereocenters. The van der Waals surface area contributed by atoms with E-state index in [1.807, 2.05) is 6.07 Å². The topological polar surface area (TPSA) is 23.8 Å². The summed E-state index contributed by atoms with van der Waals surface area (Å²) in [5.74, 6) is -0.433. The summed E-state index contributed by atoms with van der Waals surface area (Å²) < 4.78 is 12.7. The highest BCUT2D eigenvalue weighted by molar-refractivity contribution is 6.51. The molecule has 1 aromatic carbocycles. The molecule has 0 aliphatic carbocycles. The van der Waals surface area contributed by atoms with Crippen LogP contribution in [0, 0.1) is 17.1 Å². The summed E-state index contributed by atoms with van der Waals surface area (Å²) in [4.78, 5) is 0. The maximum Gasteiger partial charge on any atom is 0.124 e. The molecule has 0 saturated carbocycles. The van der Waals surface area contributed by atoms with Gasteiger partial charge in [0.25, 0.3) is 0 Å². The number of allylic oxidation sites excluding steroid dienone is 1. The van der Waals surface area contributed by atoms with Crippen LogP contribution in [0.3, 0.4) is 0 Å². The van der Waals surface area contributed by atoms with Crippen molar-refractivity contribution in [2.45, 2.75) is 6.92 Å². The predicted octanol–water partition coefficient (Wildman–Crippen LogP) is 3.97. The van der Waals surface area contributed by atoms with Crippen LogP contribution < -0.4 is 0 Å². The van der Waals surface area contributed by atoms with Gasteiger partial charge in [0.1, 0.15) is 5.82 Å². The van der Waals surface area contributed by atoms with Gasteiger partial charge >= 0.3 is 0 Å². The van der Waals surface area contributed by atoms with Gasteiger partial charge in [-0.1, -0.05) is 23.2 Å². The first-order valence-electron chi connectivity index (χ1n) is 3.78. The second kappa shape index (κ2) is 4.45. The Bertz CT molecular complexity index is 432. The molecule has 72 valence electrons. The number of benzene rings is 1. The normalized spacial score (nSPS) is 11.9. The second-order valence-corrected chi connectivity index (χ2v) is 3.46. The van der Waals surface area contributed by atoms with E-state index in [-0.39, 0.29) is 10.1 Å². The number of rotatable bonds is 1. The van der Waals surface area contributed by atoms with Gasteiger partial charge in [0.2, 0.25) is 0 Å². The van der Waals surface area contributed by atoms with Crippen LogP contribution in [-0.4, -0.2) is 0 Å². The molecular formula is C10H6Cl2FN. The van der Waals surface area contributed by atoms with Gasteiger partial charge < -0.3 is 0 Å². The van der Waals surface area contributed by atoms with Gasteiger partial charge in [-0.2, -0.15) is 5.26 Å². The molecule has 0 radical (unpaired) electrons. The van der Waals surface area contributed by atoms with Crippen molar-refractivity contribution in [1.29, 1.82) is 5.26 Å². The van der Waals surface area contributed by atoms with E-state index >= 15 is 0 Å². The summed E-state index contributed by atoms with van der Waals surface area (Å²) in [5.41, 5.74) is 0.814. The van der Waals surface area contributed by atoms with Gasteiger partial charge in [-0.05, 0) is 25.1 Å². The van der Waals surface area contributed by atoms with E-state index in [1.54, 1.807) is 6.92 Å². The Labute approximate surface area is 91.4 Å². The van der Waals surface area contributed by atoms with Crippen molar-refractivity contribution in [1.82, 2.24) is 0 Å². The van der Waals surface area contributed by atoms with E-state index in [2.05, 4.69) is 0 Å². The van der Waals surface area contributed by atoms with Crippen LogP contribution in [0.2, 0.25) is 5.02 Å². The minimum absolute atomic E-state index is 0.199. The highest BCUT2D eigenvalue weighted by atomic mass is 35.5. The minimum atomic E-state index is -0.433. The van der Waals surface area contributed by atoms with Crippen LogP contribution in [0.15, 0.2) is 23.8 Å². The molecule has 0 fully saturated rings. The Morgan fingerprint density at radius 3 is 2.64 bits per heavy atom. The Morgan fingerprint density at radius 2 is 2.14 bits per heavy atom. The Kier molecular flexibility index (Phi) is 3.51. The summed E-state index contributed by atoms with van der Waals surface area (Å²) in [6.07, 6.45) is 0. The van der Waals surface area contributed by atoms with E-state index in [9.17, 15) is 4.39 Å². The smallest absolute Gasteiger partial charge is 0.124 e. The molecule has 1 rings (SSSR count). The fourth-order valence-corrected chi connectivity index (χ4v) is 1.44. The zero-order valence-electron chi connectivity index (χ0n) is 7.31. The van der Waals surface area contributed by atoms with Crippen molar-refractivity contribution in [2.75, 3.05) is 0 Å². The highest BCUT2D eigenvalue weighted by Crippen LogP contribution is 2.29. The molecule has 4 heteroatoms. The fraction of sp³-hybridized carbons (Fsp3) is 0.100. The molecule has 0 amide bonds. The van der Waals surface area contributed by atoms with E-state index in [1.165, 1.54) is 12.1 Å². The van der Waals surface area contributed by atoms with Crippen molar-refractivity contribution >= 4 is 28.2 Å². The molecule has 1 aromatic rings. The number of hydrogen-bond acceptors (Lipinski definition) is 1. The number of nitrogens with zero attached hydrogens (tertiary/aromatic N) is 1. The Morgan fingerprint density at radius 1 is 1.50 bits per heavy atom. The maximum atomic E-state index is 12.7. The van der Waals surface area contributed by atoms with Gasteiger partial charge in [0.05, 0.1) is 16.1 Å². The molecule has 0 aromatic heterocycles. The zero-order valence-corrected chi connectivity index (χ0v) is 8.83. The first-order chi connectivity index (χ1) is 6.56. The molecule has 0 aliphatic rings. The van der Waals surface area contributed by atoms with Crippen LogP contribution >= 0.6 is 23.2 Å². The highest BCUT2D eigenvalue weighted by Gasteiger charge is 2.08. The number of nitriles is 1. The van der Waals surface area contributed by atoms with Crippen LogP contribution in [0.4, 0.5) is 4.39 Å². The summed E-state index contributed by atoms with van der Waals surface area (Å²) in [6.45, 7) is 1.57. The summed E-state index contributed by atoms with van der Waals surface area (Å²) in [6, 6.07) is 5.75. The molecule has 0 N–H and O–H groups in total. The third-order valence-corrected chi connectivity index (χ3v) is 2.46. The molecule has 0 spiro atoms. The summed E-state index contributed by atoms with van der Waals surface area (Å²) in [7, 11) is 0. The maximum absolute atomic E-state index is 12.7. The average Bonchev–Trinajstić information content (AvgIpc) is 2.15. The van der Waals surface area contributed by atoms with Crippen molar-refractivity contribution in [3.8, 4) is 6.07 Å². The van der Waals surface area contributed by atoms with Crippen molar-refractivity contribution in [3.05, 3.63) is 40.2 Å². The van der Waals surface area contributed by atoms with E-state index in [0.29, 0.717) is 11.1 Å². The number of halogens is 3. The minimum Gasteiger partial charge on any atom is -0.207 e. The van der Waals surface area contributed by atoms with Gasteiger partial charge in [-0.3, -0.25) is 0 Å². The fourth-order valence-electron chi connectivity index (χ4n) is 0.919. The quantitative estimate of drug-likeness (QED) is 0.669. The van der Waals surface area contributed by atoms with Crippen LogP contribution in [0.25, 0.3) is 5.03 Å². The lowest BCUT2D eigenvalue weighted by atomic mass is 10.1. The summed E-state index contributed by atoms with van der Waals surface area (Å²) >= 11 is 11.6. The molecule has 0 aliphatic heterocycles. The summed E-state index contributed by atoms with van der Waals surface area (Å²) in [5, 5.41) is 9.05. The molecule has 0 saturated heterocycles. The van der Waals surface area contributed by atoms with Crippen LogP contribution in [0.5, 0.6) is 0 Å². The van der Waals surface area contributed by atoms with Crippen molar-refractivity contribution in [2.24, 2.45) is 0 Å². The van der Waals surface area contributed by atoms with Crippen LogP contribution in [0.1, 0.15) is 12.5 Å². The third-order valence-electron chi connectivity index (χ3n) is 1.66. The Hall–Kier alpha value is -1.04. The Balaban J connectivity index is 3.29. The molecule has 0 atom stereocenters. The first kappa shape index (κ1) is 11.0. The standard InChI is InChI=1S/C10H6Cl2FN/c1-6(5-14)10(12)8-3-2-7(13)4-9(8)11/h2-4H,1H3. The molecule has 14 heavy (non-hydrogen) atoms. The van der Waals surface area contributed by atoms with Crippen molar-refractivity contribution < 1.29 is 4.39 Å².